The van der Waals surface area contributed by atoms with E-state index in [1.165, 1.54) is 0 Å². The molecule has 2 rings (SSSR count). The minimum absolute atomic E-state index is 0.0338. The molecule has 1 amide bonds. The summed E-state index contributed by atoms with van der Waals surface area (Å²) in [7, 11) is 0. The lowest BCUT2D eigenvalue weighted by atomic mass is 10.1. The van der Waals surface area contributed by atoms with Gasteiger partial charge in [-0.15, -0.1) is 11.3 Å². The lowest BCUT2D eigenvalue weighted by molar-refractivity contribution is -0.122. The first-order chi connectivity index (χ1) is 12.2. The number of para-hydroxylation sites is 2. The van der Waals surface area contributed by atoms with E-state index in [1.54, 1.807) is 11.3 Å². The molecule has 136 valence electrons. The smallest absolute Gasteiger partial charge is 0.220 e. The molecule has 2 N–H and O–H groups in total. The van der Waals surface area contributed by atoms with Crippen molar-refractivity contribution in [1.29, 1.82) is 0 Å². The molecule has 1 aromatic carbocycles. The van der Waals surface area contributed by atoms with Gasteiger partial charge in [-0.2, -0.15) is 0 Å². The van der Waals surface area contributed by atoms with Gasteiger partial charge in [-0.3, -0.25) is 4.79 Å². The van der Waals surface area contributed by atoms with Crippen molar-refractivity contribution in [3.05, 3.63) is 46.7 Å². The Bertz CT molecular complexity index is 630. The van der Waals surface area contributed by atoms with Crippen molar-refractivity contribution < 1.29 is 19.4 Å². The summed E-state index contributed by atoms with van der Waals surface area (Å²) in [5, 5.41) is 14.1. The van der Waals surface area contributed by atoms with E-state index >= 15 is 0 Å². The summed E-state index contributed by atoms with van der Waals surface area (Å²) >= 11 is 1.58. The SMILES string of the molecule is CCOc1ccccc1OCCCC(=O)NC(CCO)c1cccs1. The minimum atomic E-state index is -0.128. The molecule has 0 fully saturated rings. The number of rotatable bonds is 11. The maximum absolute atomic E-state index is 12.1. The lowest BCUT2D eigenvalue weighted by Gasteiger charge is -2.16. The Hall–Kier alpha value is -2.05. The molecule has 0 spiro atoms. The average molecular weight is 363 g/mol. The molecule has 0 aliphatic rings. The van der Waals surface area contributed by atoms with Crippen LogP contribution in [0, 0.1) is 0 Å². The fourth-order valence-electron chi connectivity index (χ4n) is 2.43. The van der Waals surface area contributed by atoms with Crippen LogP contribution in [0.5, 0.6) is 11.5 Å². The van der Waals surface area contributed by atoms with Crippen LogP contribution in [0.2, 0.25) is 0 Å². The van der Waals surface area contributed by atoms with Crippen molar-refractivity contribution in [1.82, 2.24) is 5.32 Å². The maximum atomic E-state index is 12.1. The molecule has 1 aromatic heterocycles. The van der Waals surface area contributed by atoms with Crippen molar-refractivity contribution in [2.45, 2.75) is 32.2 Å². The number of carbonyl (C=O) groups is 1. The Morgan fingerprint density at radius 2 is 1.96 bits per heavy atom. The fourth-order valence-corrected chi connectivity index (χ4v) is 3.24. The van der Waals surface area contributed by atoms with Gasteiger partial charge in [-0.25, -0.2) is 0 Å². The van der Waals surface area contributed by atoms with Gasteiger partial charge >= 0.3 is 0 Å². The zero-order valence-electron chi connectivity index (χ0n) is 14.4. The van der Waals surface area contributed by atoms with Gasteiger partial charge in [0.25, 0.3) is 0 Å². The number of nitrogens with one attached hydrogen (secondary N) is 1. The highest BCUT2D eigenvalue weighted by atomic mass is 32.1. The van der Waals surface area contributed by atoms with E-state index in [2.05, 4.69) is 5.32 Å². The molecule has 2 aromatic rings. The average Bonchev–Trinajstić information content (AvgIpc) is 3.14. The summed E-state index contributed by atoms with van der Waals surface area (Å²) in [5.74, 6) is 1.38. The van der Waals surface area contributed by atoms with Crippen LogP contribution in [-0.2, 0) is 4.79 Å². The molecule has 1 unspecified atom stereocenters. The van der Waals surface area contributed by atoms with E-state index in [0.29, 0.717) is 38.2 Å². The Morgan fingerprint density at radius 1 is 1.20 bits per heavy atom. The summed E-state index contributed by atoms with van der Waals surface area (Å²) in [6.07, 6.45) is 1.51. The topological polar surface area (TPSA) is 67.8 Å². The normalized spacial score (nSPS) is 11.8. The second kappa shape index (κ2) is 10.7. The molecule has 0 saturated carbocycles. The second-order valence-corrected chi connectivity index (χ2v) is 6.46. The number of thiophene rings is 1. The van der Waals surface area contributed by atoms with Crippen molar-refractivity contribution >= 4 is 17.2 Å². The molecule has 0 radical (unpaired) electrons. The van der Waals surface area contributed by atoms with Crippen molar-refractivity contribution in [3.63, 3.8) is 0 Å². The van der Waals surface area contributed by atoms with Crippen molar-refractivity contribution in [2.75, 3.05) is 19.8 Å². The summed E-state index contributed by atoms with van der Waals surface area (Å²) in [6, 6.07) is 11.3. The summed E-state index contributed by atoms with van der Waals surface area (Å²) in [6.45, 7) is 3.00. The number of carbonyl (C=O) groups excluding carboxylic acids is 1. The number of hydrogen-bond acceptors (Lipinski definition) is 5. The van der Waals surface area contributed by atoms with Gasteiger partial charge in [-0.1, -0.05) is 18.2 Å². The third kappa shape index (κ3) is 6.40. The fraction of sp³-hybridized carbons (Fsp3) is 0.421. The number of hydrogen-bond donors (Lipinski definition) is 2. The number of aliphatic hydroxyl groups excluding tert-OH is 1. The monoisotopic (exact) mass is 363 g/mol. The summed E-state index contributed by atoms with van der Waals surface area (Å²) in [4.78, 5) is 13.2. The largest absolute Gasteiger partial charge is 0.490 e. The van der Waals surface area contributed by atoms with Crippen LogP contribution in [-0.4, -0.2) is 30.8 Å². The highest BCUT2D eigenvalue weighted by Crippen LogP contribution is 2.26. The molecule has 0 aliphatic heterocycles. The van der Waals surface area contributed by atoms with E-state index in [0.717, 1.165) is 10.6 Å². The number of amides is 1. The Labute approximate surface area is 152 Å². The predicted octanol–water partition coefficient (Wildman–Crippen LogP) is 3.55. The van der Waals surface area contributed by atoms with E-state index in [4.69, 9.17) is 9.47 Å². The molecule has 6 heteroatoms. The third-order valence-corrected chi connectivity index (χ3v) is 4.58. The zero-order chi connectivity index (χ0) is 17.9. The van der Waals surface area contributed by atoms with E-state index in [1.807, 2.05) is 48.7 Å². The van der Waals surface area contributed by atoms with Crippen LogP contribution < -0.4 is 14.8 Å². The van der Waals surface area contributed by atoms with Crippen LogP contribution in [0.1, 0.15) is 37.1 Å². The van der Waals surface area contributed by atoms with Crippen LogP contribution >= 0.6 is 11.3 Å². The van der Waals surface area contributed by atoms with Gasteiger partial charge in [-0.05, 0) is 43.3 Å². The Kier molecular flexibility index (Phi) is 8.28. The number of benzene rings is 1. The number of aliphatic hydroxyl groups is 1. The Morgan fingerprint density at radius 3 is 2.60 bits per heavy atom. The van der Waals surface area contributed by atoms with Gasteiger partial charge in [0.2, 0.25) is 5.91 Å². The van der Waals surface area contributed by atoms with Crippen molar-refractivity contribution in [2.24, 2.45) is 0 Å². The first kappa shape index (κ1) is 19.3. The molecule has 1 atom stereocenters. The van der Waals surface area contributed by atoms with E-state index < -0.39 is 0 Å². The summed E-state index contributed by atoms with van der Waals surface area (Å²) in [5.41, 5.74) is 0. The number of ether oxygens (including phenoxy) is 2. The van der Waals surface area contributed by atoms with Crippen LogP contribution in [0.3, 0.4) is 0 Å². The molecule has 25 heavy (non-hydrogen) atoms. The molecule has 5 nitrogen and oxygen atoms in total. The molecule has 1 heterocycles. The molecule has 0 bridgehead atoms. The van der Waals surface area contributed by atoms with Crippen LogP contribution in [0.4, 0.5) is 0 Å². The predicted molar refractivity (Wildman–Crippen MR) is 99.2 cm³/mol. The van der Waals surface area contributed by atoms with Crippen molar-refractivity contribution in [3.8, 4) is 11.5 Å². The van der Waals surface area contributed by atoms with Crippen LogP contribution in [0.15, 0.2) is 41.8 Å². The maximum Gasteiger partial charge on any atom is 0.220 e. The quantitative estimate of drug-likeness (QED) is 0.599. The van der Waals surface area contributed by atoms with Gasteiger partial charge < -0.3 is 19.9 Å². The molecule has 0 saturated heterocycles. The lowest BCUT2D eigenvalue weighted by Crippen LogP contribution is -2.28. The first-order valence-electron chi connectivity index (χ1n) is 8.52. The van der Waals surface area contributed by atoms with Crippen LogP contribution in [0.25, 0.3) is 0 Å². The third-order valence-electron chi connectivity index (χ3n) is 3.59. The van der Waals surface area contributed by atoms with E-state index in [9.17, 15) is 9.90 Å². The minimum Gasteiger partial charge on any atom is -0.490 e. The van der Waals surface area contributed by atoms with Gasteiger partial charge in [0.1, 0.15) is 0 Å². The van der Waals surface area contributed by atoms with Gasteiger partial charge in [0.05, 0.1) is 19.3 Å². The molecular formula is C19H25NO4S. The van der Waals surface area contributed by atoms with E-state index in [-0.39, 0.29) is 18.6 Å². The highest BCUT2D eigenvalue weighted by Gasteiger charge is 2.15. The highest BCUT2D eigenvalue weighted by molar-refractivity contribution is 7.10. The second-order valence-electron chi connectivity index (χ2n) is 5.48. The summed E-state index contributed by atoms with van der Waals surface area (Å²) < 4.78 is 11.2. The zero-order valence-corrected chi connectivity index (χ0v) is 15.3. The van der Waals surface area contributed by atoms with Gasteiger partial charge in [0, 0.05) is 17.9 Å². The Balaban J connectivity index is 1.75. The standard InChI is InChI=1S/C19H25NO4S/c1-2-23-16-7-3-4-8-17(16)24-13-5-10-19(22)20-15(11-12-21)18-9-6-14-25-18/h3-4,6-9,14-15,21H,2,5,10-13H2,1H3,(H,20,22). The van der Waals surface area contributed by atoms with Gasteiger partial charge in [0.15, 0.2) is 11.5 Å². The molecule has 0 aliphatic carbocycles. The molecular weight excluding hydrogens is 338 g/mol. The first-order valence-corrected chi connectivity index (χ1v) is 9.40.